The Kier molecular flexibility index (Phi) is 3.10. The molecular weight excluding hydrogens is 180 g/mol. The number of hydrogen-bond acceptors (Lipinski definition) is 4. The highest BCUT2D eigenvalue weighted by molar-refractivity contribution is 4.90. The van der Waals surface area contributed by atoms with Gasteiger partial charge >= 0.3 is 0 Å². The molecule has 1 saturated heterocycles. The second-order valence-corrected chi connectivity index (χ2v) is 3.73. The lowest BCUT2D eigenvalue weighted by molar-refractivity contribution is 0.273. The summed E-state index contributed by atoms with van der Waals surface area (Å²) in [7, 11) is 0. The molecule has 5 nitrogen and oxygen atoms in total. The normalized spacial score (nSPS) is 21.6. The van der Waals surface area contributed by atoms with Gasteiger partial charge in [0.2, 0.25) is 0 Å². The van der Waals surface area contributed by atoms with Gasteiger partial charge in [0.15, 0.2) is 0 Å². The van der Waals surface area contributed by atoms with Crippen LogP contribution < -0.4 is 5.32 Å². The predicted octanol–water partition coefficient (Wildman–Crippen LogP) is -0.578. The van der Waals surface area contributed by atoms with E-state index < -0.39 is 0 Å². The predicted molar refractivity (Wildman–Crippen MR) is 51.8 cm³/mol. The molecule has 1 aromatic heterocycles. The molecule has 0 aliphatic carbocycles. The fourth-order valence-corrected chi connectivity index (χ4v) is 1.88. The fraction of sp³-hybridized carbons (Fsp3) is 0.778. The maximum Gasteiger partial charge on any atom is 0.133 e. The van der Waals surface area contributed by atoms with Crippen LogP contribution in [0.2, 0.25) is 0 Å². The maximum absolute atomic E-state index is 8.83. The maximum atomic E-state index is 8.83. The summed E-state index contributed by atoms with van der Waals surface area (Å²) in [4.78, 5) is 0. The van der Waals surface area contributed by atoms with Crippen LogP contribution >= 0.6 is 0 Å². The number of aliphatic hydroxyl groups excluding tert-OH is 1. The van der Waals surface area contributed by atoms with Gasteiger partial charge in [-0.2, -0.15) is 0 Å². The van der Waals surface area contributed by atoms with E-state index in [4.69, 9.17) is 5.11 Å². The van der Waals surface area contributed by atoms with Crippen molar-refractivity contribution in [3.63, 3.8) is 0 Å². The van der Waals surface area contributed by atoms with E-state index in [-0.39, 0.29) is 6.61 Å². The summed E-state index contributed by atoms with van der Waals surface area (Å²) < 4.78 is 1.93. The third-order valence-corrected chi connectivity index (χ3v) is 2.67. The molecule has 1 aliphatic rings. The lowest BCUT2D eigenvalue weighted by Crippen LogP contribution is -2.14. The molecule has 1 atom stereocenters. The Morgan fingerprint density at radius 1 is 1.64 bits per heavy atom. The molecule has 1 fully saturated rings. The van der Waals surface area contributed by atoms with Gasteiger partial charge in [-0.1, -0.05) is 0 Å². The minimum absolute atomic E-state index is 0.147. The van der Waals surface area contributed by atoms with Crippen molar-refractivity contribution in [2.45, 2.75) is 19.4 Å². The highest BCUT2D eigenvalue weighted by atomic mass is 16.3. The number of hydrogen-bond donors (Lipinski definition) is 2. The molecule has 2 rings (SSSR count). The van der Waals surface area contributed by atoms with Crippen molar-refractivity contribution in [1.82, 2.24) is 20.1 Å². The van der Waals surface area contributed by atoms with Crippen LogP contribution in [0.25, 0.3) is 0 Å². The summed E-state index contributed by atoms with van der Waals surface area (Å²) in [6, 6.07) is 0. The minimum Gasteiger partial charge on any atom is -0.395 e. The summed E-state index contributed by atoms with van der Waals surface area (Å²) in [5.74, 6) is 1.67. The summed E-state index contributed by atoms with van der Waals surface area (Å²) in [5.41, 5.74) is 0. The lowest BCUT2D eigenvalue weighted by Gasteiger charge is -2.08. The van der Waals surface area contributed by atoms with Crippen LogP contribution in [0, 0.1) is 5.92 Å². The van der Waals surface area contributed by atoms with Crippen molar-refractivity contribution in [3.05, 3.63) is 12.2 Å². The van der Waals surface area contributed by atoms with Gasteiger partial charge in [0, 0.05) is 13.0 Å². The number of nitrogens with zero attached hydrogens (tertiary/aromatic N) is 3. The van der Waals surface area contributed by atoms with Gasteiger partial charge in [-0.3, -0.25) is 0 Å². The average Bonchev–Trinajstić information content (AvgIpc) is 2.80. The number of aliphatic hydroxyl groups is 1. The van der Waals surface area contributed by atoms with Crippen LogP contribution in [0.5, 0.6) is 0 Å². The van der Waals surface area contributed by atoms with Crippen LogP contribution in [0.4, 0.5) is 0 Å². The zero-order valence-corrected chi connectivity index (χ0v) is 8.19. The van der Waals surface area contributed by atoms with Crippen molar-refractivity contribution in [1.29, 1.82) is 0 Å². The molecule has 1 unspecified atom stereocenters. The Bertz CT molecular complexity index is 280. The topological polar surface area (TPSA) is 63.0 Å². The van der Waals surface area contributed by atoms with E-state index in [2.05, 4.69) is 15.5 Å². The zero-order chi connectivity index (χ0) is 9.80. The molecule has 0 amide bonds. The third-order valence-electron chi connectivity index (χ3n) is 2.67. The van der Waals surface area contributed by atoms with E-state index in [1.807, 2.05) is 4.57 Å². The molecule has 78 valence electrons. The van der Waals surface area contributed by atoms with E-state index >= 15 is 0 Å². The molecular formula is C9H16N4O. The second kappa shape index (κ2) is 4.52. The number of aromatic nitrogens is 3. The molecule has 1 aliphatic heterocycles. The van der Waals surface area contributed by atoms with Crippen LogP contribution in [0.3, 0.4) is 0 Å². The smallest absolute Gasteiger partial charge is 0.133 e. The Morgan fingerprint density at radius 2 is 2.57 bits per heavy atom. The van der Waals surface area contributed by atoms with E-state index in [1.54, 1.807) is 6.33 Å². The zero-order valence-electron chi connectivity index (χ0n) is 8.19. The second-order valence-electron chi connectivity index (χ2n) is 3.73. The molecule has 14 heavy (non-hydrogen) atoms. The molecule has 5 heteroatoms. The van der Waals surface area contributed by atoms with Gasteiger partial charge in [0.25, 0.3) is 0 Å². The van der Waals surface area contributed by atoms with Gasteiger partial charge in [-0.05, 0) is 25.4 Å². The summed E-state index contributed by atoms with van der Waals surface area (Å²) in [6.07, 6.45) is 3.87. The van der Waals surface area contributed by atoms with Crippen LogP contribution in [-0.4, -0.2) is 39.6 Å². The minimum atomic E-state index is 0.147. The molecule has 0 saturated carbocycles. The number of nitrogens with one attached hydrogen (secondary N) is 1. The van der Waals surface area contributed by atoms with Crippen molar-refractivity contribution >= 4 is 0 Å². The van der Waals surface area contributed by atoms with Crippen LogP contribution in [0.15, 0.2) is 6.33 Å². The van der Waals surface area contributed by atoms with Crippen LogP contribution in [-0.2, 0) is 13.0 Å². The van der Waals surface area contributed by atoms with E-state index in [0.717, 1.165) is 25.3 Å². The molecule has 1 aromatic rings. The quantitative estimate of drug-likeness (QED) is 0.676. The van der Waals surface area contributed by atoms with E-state index in [0.29, 0.717) is 12.5 Å². The number of rotatable bonds is 4. The molecule has 0 radical (unpaired) electrons. The first-order chi connectivity index (χ1) is 6.90. The van der Waals surface area contributed by atoms with Gasteiger partial charge in [0.1, 0.15) is 12.2 Å². The first-order valence-corrected chi connectivity index (χ1v) is 5.08. The molecule has 0 bridgehead atoms. The summed E-state index contributed by atoms with van der Waals surface area (Å²) in [5, 5.41) is 20.1. The van der Waals surface area contributed by atoms with Crippen LogP contribution in [0.1, 0.15) is 12.2 Å². The fourth-order valence-electron chi connectivity index (χ4n) is 1.88. The summed E-state index contributed by atoms with van der Waals surface area (Å²) >= 11 is 0. The molecule has 0 spiro atoms. The monoisotopic (exact) mass is 196 g/mol. The van der Waals surface area contributed by atoms with Gasteiger partial charge < -0.3 is 15.0 Å². The summed E-state index contributed by atoms with van der Waals surface area (Å²) in [6.45, 7) is 2.93. The van der Waals surface area contributed by atoms with Crippen molar-refractivity contribution < 1.29 is 5.11 Å². The Morgan fingerprint density at radius 3 is 3.29 bits per heavy atom. The highest BCUT2D eigenvalue weighted by Gasteiger charge is 2.17. The van der Waals surface area contributed by atoms with Crippen molar-refractivity contribution in [2.75, 3.05) is 19.7 Å². The Balaban J connectivity index is 1.96. The van der Waals surface area contributed by atoms with E-state index in [1.165, 1.54) is 6.42 Å². The van der Waals surface area contributed by atoms with Crippen molar-refractivity contribution in [3.8, 4) is 0 Å². The standard InChI is InChI=1S/C9H16N4O/c14-4-3-13-7-11-12-9(13)5-8-1-2-10-6-8/h7-8,10,14H,1-6H2. The van der Waals surface area contributed by atoms with Crippen molar-refractivity contribution in [2.24, 2.45) is 5.92 Å². The SMILES string of the molecule is OCCn1cnnc1CC1CCNC1. The first-order valence-electron chi connectivity index (χ1n) is 5.08. The van der Waals surface area contributed by atoms with Gasteiger partial charge in [-0.25, -0.2) is 0 Å². The van der Waals surface area contributed by atoms with E-state index in [9.17, 15) is 0 Å². The largest absolute Gasteiger partial charge is 0.395 e. The first kappa shape index (κ1) is 9.61. The van der Waals surface area contributed by atoms with Gasteiger partial charge in [-0.15, -0.1) is 10.2 Å². The van der Waals surface area contributed by atoms with Gasteiger partial charge in [0.05, 0.1) is 6.61 Å². The molecule has 2 N–H and O–H groups in total. The lowest BCUT2D eigenvalue weighted by atomic mass is 10.0. The average molecular weight is 196 g/mol. The Hall–Kier alpha value is -0.940. The molecule has 2 heterocycles. The highest BCUT2D eigenvalue weighted by Crippen LogP contribution is 2.13. The molecule has 0 aromatic carbocycles. The third kappa shape index (κ3) is 2.10. The Labute approximate surface area is 83.2 Å².